The number of benzene rings is 2. The Labute approximate surface area is 150 Å². The number of hydrogen-bond donors (Lipinski definition) is 1. The largest absolute Gasteiger partial charge is 0.369 e. The molecule has 4 nitrogen and oxygen atoms in total. The molecule has 0 atom stereocenters. The molecule has 1 aliphatic heterocycles. The van der Waals surface area contributed by atoms with Crippen LogP contribution >= 0.6 is 0 Å². The van der Waals surface area contributed by atoms with Gasteiger partial charge in [0.2, 0.25) is 0 Å². The molecule has 0 unspecified atom stereocenters. The monoisotopic (exact) mass is 337 g/mol. The first kappa shape index (κ1) is 17.5. The molecule has 4 heteroatoms. The van der Waals surface area contributed by atoms with E-state index >= 15 is 0 Å². The van der Waals surface area contributed by atoms with Gasteiger partial charge in [0.05, 0.1) is 0 Å². The summed E-state index contributed by atoms with van der Waals surface area (Å²) in [5.41, 5.74) is 5.25. The third kappa shape index (κ3) is 4.40. The zero-order valence-electron chi connectivity index (χ0n) is 15.4. The summed E-state index contributed by atoms with van der Waals surface area (Å²) in [6.07, 6.45) is 0. The fraction of sp³-hybridized carbons (Fsp3) is 0.381. The van der Waals surface area contributed by atoms with Gasteiger partial charge in [-0.05, 0) is 50.2 Å². The van der Waals surface area contributed by atoms with Gasteiger partial charge in [-0.2, -0.15) is 0 Å². The Morgan fingerprint density at radius 3 is 2.36 bits per heavy atom. The van der Waals surface area contributed by atoms with E-state index < -0.39 is 0 Å². The molecule has 0 aliphatic carbocycles. The number of anilines is 1. The molecule has 2 aromatic rings. The van der Waals surface area contributed by atoms with Gasteiger partial charge in [0, 0.05) is 44.0 Å². The number of carbonyl (C=O) groups excluding carboxylic acids is 1. The third-order valence-corrected chi connectivity index (χ3v) is 4.90. The number of nitrogens with one attached hydrogen (secondary N) is 1. The van der Waals surface area contributed by atoms with E-state index in [9.17, 15) is 4.79 Å². The van der Waals surface area contributed by atoms with Crippen molar-refractivity contribution >= 4 is 11.6 Å². The highest BCUT2D eigenvalue weighted by Gasteiger charge is 2.14. The summed E-state index contributed by atoms with van der Waals surface area (Å²) in [7, 11) is 2.17. The Bertz CT molecular complexity index is 731. The van der Waals surface area contributed by atoms with E-state index in [1.807, 2.05) is 32.0 Å². The first-order chi connectivity index (χ1) is 12.0. The zero-order valence-corrected chi connectivity index (χ0v) is 15.4. The zero-order chi connectivity index (χ0) is 17.8. The first-order valence-corrected chi connectivity index (χ1v) is 8.91. The van der Waals surface area contributed by atoms with Gasteiger partial charge < -0.3 is 15.1 Å². The van der Waals surface area contributed by atoms with Crippen LogP contribution in [0.5, 0.6) is 0 Å². The van der Waals surface area contributed by atoms with Crippen molar-refractivity contribution in [2.45, 2.75) is 20.4 Å². The van der Waals surface area contributed by atoms with Crippen molar-refractivity contribution in [1.29, 1.82) is 0 Å². The Morgan fingerprint density at radius 2 is 1.68 bits per heavy atom. The molecule has 0 radical (unpaired) electrons. The van der Waals surface area contributed by atoms with Gasteiger partial charge in [-0.25, -0.2) is 0 Å². The Morgan fingerprint density at radius 1 is 1.00 bits per heavy atom. The van der Waals surface area contributed by atoms with Gasteiger partial charge >= 0.3 is 0 Å². The van der Waals surface area contributed by atoms with Crippen LogP contribution in [0.2, 0.25) is 0 Å². The molecule has 3 rings (SSSR count). The molecule has 1 aliphatic rings. The molecular formula is C21H27N3O. The summed E-state index contributed by atoms with van der Waals surface area (Å²) in [5, 5.41) is 3.03. The smallest absolute Gasteiger partial charge is 0.251 e. The van der Waals surface area contributed by atoms with Crippen molar-refractivity contribution in [2.24, 2.45) is 0 Å². The summed E-state index contributed by atoms with van der Waals surface area (Å²) in [4.78, 5) is 17.2. The maximum absolute atomic E-state index is 12.4. The van der Waals surface area contributed by atoms with Gasteiger partial charge in [-0.3, -0.25) is 4.79 Å². The Balaban J connectivity index is 1.58. The number of rotatable bonds is 4. The minimum atomic E-state index is -0.00987. The molecule has 1 heterocycles. The lowest BCUT2D eigenvalue weighted by atomic mass is 10.0. The molecule has 1 amide bonds. The van der Waals surface area contributed by atoms with Crippen LogP contribution in [0.15, 0.2) is 42.5 Å². The van der Waals surface area contributed by atoms with E-state index in [0.29, 0.717) is 6.54 Å². The van der Waals surface area contributed by atoms with Crippen molar-refractivity contribution in [3.8, 4) is 0 Å². The van der Waals surface area contributed by atoms with Gasteiger partial charge in [-0.15, -0.1) is 0 Å². The first-order valence-electron chi connectivity index (χ1n) is 8.91. The average Bonchev–Trinajstić information content (AvgIpc) is 2.63. The molecule has 0 aromatic heterocycles. The van der Waals surface area contributed by atoms with Crippen LogP contribution in [0.1, 0.15) is 27.0 Å². The van der Waals surface area contributed by atoms with E-state index in [1.165, 1.54) is 5.69 Å². The maximum Gasteiger partial charge on any atom is 0.251 e. The van der Waals surface area contributed by atoms with Crippen molar-refractivity contribution in [2.75, 3.05) is 38.1 Å². The number of amides is 1. The predicted octanol–water partition coefficient (Wildman–Crippen LogP) is 2.99. The fourth-order valence-corrected chi connectivity index (χ4v) is 3.15. The molecular weight excluding hydrogens is 310 g/mol. The number of likely N-dealkylation sites (N-methyl/N-ethyl adjacent to an activating group) is 1. The summed E-state index contributed by atoms with van der Waals surface area (Å²) in [5.74, 6) is -0.00987. The van der Waals surface area contributed by atoms with Crippen LogP contribution in [0.3, 0.4) is 0 Å². The predicted molar refractivity (Wildman–Crippen MR) is 103 cm³/mol. The second-order valence-corrected chi connectivity index (χ2v) is 6.96. The molecule has 132 valence electrons. The van der Waals surface area contributed by atoms with Gasteiger partial charge in [-0.1, -0.05) is 29.8 Å². The van der Waals surface area contributed by atoms with Crippen molar-refractivity contribution in [3.63, 3.8) is 0 Å². The fourth-order valence-electron chi connectivity index (χ4n) is 3.15. The second-order valence-electron chi connectivity index (χ2n) is 6.96. The van der Waals surface area contributed by atoms with Crippen molar-refractivity contribution in [3.05, 3.63) is 64.7 Å². The minimum absolute atomic E-state index is 0.00987. The van der Waals surface area contributed by atoms with Gasteiger partial charge in [0.1, 0.15) is 0 Å². The lowest BCUT2D eigenvalue weighted by molar-refractivity contribution is 0.0950. The Hall–Kier alpha value is -2.33. The number of piperazine rings is 1. The topological polar surface area (TPSA) is 35.6 Å². The highest BCUT2D eigenvalue weighted by Crippen LogP contribution is 2.17. The summed E-state index contributed by atoms with van der Waals surface area (Å²) in [6, 6.07) is 14.5. The SMILES string of the molecule is Cc1ccc(C)c(C(=O)NCc2ccc(N3CCN(C)CC3)cc2)c1. The van der Waals surface area contributed by atoms with Crippen LogP contribution in [-0.2, 0) is 6.54 Å². The number of aryl methyl sites for hydroxylation is 2. The van der Waals surface area contributed by atoms with Crippen LogP contribution in [0.25, 0.3) is 0 Å². The number of carbonyl (C=O) groups is 1. The van der Waals surface area contributed by atoms with Gasteiger partial charge in [0.25, 0.3) is 5.91 Å². The molecule has 0 saturated carbocycles. The van der Waals surface area contributed by atoms with E-state index in [1.54, 1.807) is 0 Å². The second kappa shape index (κ2) is 7.70. The van der Waals surface area contributed by atoms with Crippen LogP contribution in [-0.4, -0.2) is 44.0 Å². The number of nitrogens with zero attached hydrogens (tertiary/aromatic N) is 2. The molecule has 0 spiro atoms. The lowest BCUT2D eigenvalue weighted by Gasteiger charge is -2.34. The van der Waals surface area contributed by atoms with E-state index in [4.69, 9.17) is 0 Å². The van der Waals surface area contributed by atoms with E-state index in [0.717, 1.165) is 48.4 Å². The molecule has 1 saturated heterocycles. The van der Waals surface area contributed by atoms with Crippen molar-refractivity contribution in [1.82, 2.24) is 10.2 Å². The van der Waals surface area contributed by atoms with Crippen LogP contribution in [0, 0.1) is 13.8 Å². The maximum atomic E-state index is 12.4. The quantitative estimate of drug-likeness (QED) is 0.932. The van der Waals surface area contributed by atoms with Crippen molar-refractivity contribution < 1.29 is 4.79 Å². The van der Waals surface area contributed by atoms with E-state index in [2.05, 4.69) is 46.4 Å². The van der Waals surface area contributed by atoms with Crippen LogP contribution in [0.4, 0.5) is 5.69 Å². The van der Waals surface area contributed by atoms with Crippen LogP contribution < -0.4 is 10.2 Å². The van der Waals surface area contributed by atoms with E-state index in [-0.39, 0.29) is 5.91 Å². The summed E-state index contributed by atoms with van der Waals surface area (Å²) >= 11 is 0. The summed E-state index contributed by atoms with van der Waals surface area (Å²) in [6.45, 7) is 8.88. The number of hydrogen-bond acceptors (Lipinski definition) is 3. The molecule has 1 fully saturated rings. The third-order valence-electron chi connectivity index (χ3n) is 4.90. The molecule has 2 aromatic carbocycles. The standard InChI is InChI=1S/C21H27N3O/c1-16-4-5-17(2)20(14-16)21(25)22-15-18-6-8-19(9-7-18)24-12-10-23(3)11-13-24/h4-9,14H,10-13,15H2,1-3H3,(H,22,25). The lowest BCUT2D eigenvalue weighted by Crippen LogP contribution is -2.44. The summed E-state index contributed by atoms with van der Waals surface area (Å²) < 4.78 is 0. The normalized spacial score (nSPS) is 15.2. The molecule has 0 bridgehead atoms. The van der Waals surface area contributed by atoms with Gasteiger partial charge in [0.15, 0.2) is 0 Å². The molecule has 1 N–H and O–H groups in total. The highest BCUT2D eigenvalue weighted by molar-refractivity contribution is 5.95. The average molecular weight is 337 g/mol. The minimum Gasteiger partial charge on any atom is -0.369 e. The Kier molecular flexibility index (Phi) is 5.39. The molecule has 25 heavy (non-hydrogen) atoms. The highest BCUT2D eigenvalue weighted by atomic mass is 16.1.